The number of rotatable bonds is 4. The third-order valence-corrected chi connectivity index (χ3v) is 3.37. The maximum Gasteiger partial charge on any atom is 0.127 e. The molecule has 0 fully saturated rings. The van der Waals surface area contributed by atoms with E-state index in [1.807, 2.05) is 55.5 Å². The lowest BCUT2D eigenvalue weighted by Gasteiger charge is -2.13. The Balaban J connectivity index is 2.22. The summed E-state index contributed by atoms with van der Waals surface area (Å²) in [6, 6.07) is 15.7. The second-order valence-electron chi connectivity index (χ2n) is 4.43. The van der Waals surface area contributed by atoms with Gasteiger partial charge in [0.25, 0.3) is 0 Å². The molecule has 0 saturated heterocycles. The zero-order chi connectivity index (χ0) is 13.0. The highest BCUT2D eigenvalue weighted by atomic mass is 35.5. The van der Waals surface area contributed by atoms with E-state index >= 15 is 0 Å². The maximum atomic E-state index is 11.3. The van der Waals surface area contributed by atoms with Crippen molar-refractivity contribution >= 4 is 17.9 Å². The second kappa shape index (κ2) is 5.83. The molecule has 0 aliphatic rings. The monoisotopic (exact) mass is 258 g/mol. The van der Waals surface area contributed by atoms with Crippen molar-refractivity contribution in [3.63, 3.8) is 0 Å². The van der Waals surface area contributed by atoms with Crippen LogP contribution >= 0.6 is 11.6 Å². The molecular weight excluding hydrogens is 244 g/mol. The van der Waals surface area contributed by atoms with Crippen LogP contribution < -0.4 is 0 Å². The van der Waals surface area contributed by atoms with Crippen LogP contribution in [-0.2, 0) is 11.2 Å². The zero-order valence-electron chi connectivity index (χ0n) is 10.3. The molecule has 0 amide bonds. The lowest BCUT2D eigenvalue weighted by Crippen LogP contribution is -2.06. The average molecular weight is 259 g/mol. The Hall–Kier alpha value is -1.60. The predicted octanol–water partition coefficient (Wildman–Crippen LogP) is 4.17. The van der Waals surface area contributed by atoms with Gasteiger partial charge < -0.3 is 4.79 Å². The lowest BCUT2D eigenvalue weighted by atomic mass is 9.90. The molecule has 0 aromatic heterocycles. The molecular formula is C16H15ClO. The summed E-state index contributed by atoms with van der Waals surface area (Å²) in [5.74, 6) is -0.0904. The number of halogens is 1. The Kier molecular flexibility index (Phi) is 4.16. The second-order valence-corrected chi connectivity index (χ2v) is 4.87. The van der Waals surface area contributed by atoms with Crippen LogP contribution in [0.5, 0.6) is 0 Å². The molecule has 18 heavy (non-hydrogen) atoms. The van der Waals surface area contributed by atoms with Gasteiger partial charge in [0.2, 0.25) is 0 Å². The molecule has 0 N–H and O–H groups in total. The van der Waals surface area contributed by atoms with Crippen LogP contribution in [0.1, 0.15) is 22.6 Å². The number of hydrogen-bond acceptors (Lipinski definition) is 1. The van der Waals surface area contributed by atoms with Crippen LogP contribution in [0, 0.1) is 6.92 Å². The van der Waals surface area contributed by atoms with E-state index in [1.54, 1.807) is 0 Å². The van der Waals surface area contributed by atoms with Crippen molar-refractivity contribution in [2.75, 3.05) is 0 Å². The van der Waals surface area contributed by atoms with Gasteiger partial charge in [-0.1, -0.05) is 48.0 Å². The minimum atomic E-state index is -0.0904. The zero-order valence-corrected chi connectivity index (χ0v) is 11.0. The summed E-state index contributed by atoms with van der Waals surface area (Å²) in [5, 5.41) is 0.720. The van der Waals surface area contributed by atoms with E-state index < -0.39 is 0 Å². The van der Waals surface area contributed by atoms with Crippen molar-refractivity contribution in [1.82, 2.24) is 0 Å². The standard InChI is InChI=1S/C16H15ClO/c1-12-4-2-3-5-16(12)14(11-18)10-13-6-8-15(17)9-7-13/h2-9,11,14H,10H2,1H3. The minimum Gasteiger partial charge on any atom is -0.303 e. The summed E-state index contributed by atoms with van der Waals surface area (Å²) in [6.45, 7) is 2.04. The predicted molar refractivity (Wildman–Crippen MR) is 75.1 cm³/mol. The fourth-order valence-electron chi connectivity index (χ4n) is 2.11. The van der Waals surface area contributed by atoms with Crippen LogP contribution in [0.15, 0.2) is 48.5 Å². The van der Waals surface area contributed by atoms with Gasteiger partial charge in [0.05, 0.1) is 0 Å². The molecule has 0 bridgehead atoms. The van der Waals surface area contributed by atoms with E-state index in [1.165, 1.54) is 0 Å². The van der Waals surface area contributed by atoms with Gasteiger partial charge in [-0.25, -0.2) is 0 Å². The lowest BCUT2D eigenvalue weighted by molar-refractivity contribution is -0.109. The molecule has 1 nitrogen and oxygen atoms in total. The highest BCUT2D eigenvalue weighted by Crippen LogP contribution is 2.22. The van der Waals surface area contributed by atoms with Crippen molar-refractivity contribution in [1.29, 1.82) is 0 Å². The number of aldehydes is 1. The summed E-state index contributed by atoms with van der Waals surface area (Å²) in [7, 11) is 0. The normalized spacial score (nSPS) is 12.1. The fraction of sp³-hybridized carbons (Fsp3) is 0.188. The number of hydrogen-bond donors (Lipinski definition) is 0. The van der Waals surface area contributed by atoms with Gasteiger partial charge in [-0.2, -0.15) is 0 Å². The number of benzene rings is 2. The van der Waals surface area contributed by atoms with Gasteiger partial charge in [-0.3, -0.25) is 0 Å². The van der Waals surface area contributed by atoms with Crippen LogP contribution in [0.3, 0.4) is 0 Å². The molecule has 1 unspecified atom stereocenters. The Morgan fingerprint density at radius 1 is 1.11 bits per heavy atom. The Morgan fingerprint density at radius 3 is 2.39 bits per heavy atom. The van der Waals surface area contributed by atoms with Gasteiger partial charge in [-0.05, 0) is 42.2 Å². The first-order valence-corrected chi connectivity index (χ1v) is 6.34. The smallest absolute Gasteiger partial charge is 0.127 e. The molecule has 1 atom stereocenters. The van der Waals surface area contributed by atoms with Crippen molar-refractivity contribution in [3.05, 3.63) is 70.2 Å². The summed E-state index contributed by atoms with van der Waals surface area (Å²) in [4.78, 5) is 11.3. The molecule has 0 aliphatic heterocycles. The van der Waals surface area contributed by atoms with Gasteiger partial charge in [0.1, 0.15) is 6.29 Å². The van der Waals surface area contributed by atoms with E-state index in [2.05, 4.69) is 0 Å². The number of carbonyl (C=O) groups is 1. The third-order valence-electron chi connectivity index (χ3n) is 3.12. The van der Waals surface area contributed by atoms with Crippen LogP contribution in [0.25, 0.3) is 0 Å². The third kappa shape index (κ3) is 2.99. The van der Waals surface area contributed by atoms with E-state index in [-0.39, 0.29) is 5.92 Å². The first-order chi connectivity index (χ1) is 8.70. The van der Waals surface area contributed by atoms with Crippen LogP contribution in [-0.4, -0.2) is 6.29 Å². The highest BCUT2D eigenvalue weighted by Gasteiger charge is 2.13. The van der Waals surface area contributed by atoms with Crippen molar-refractivity contribution in [2.24, 2.45) is 0 Å². The van der Waals surface area contributed by atoms with Crippen molar-refractivity contribution in [3.8, 4) is 0 Å². The van der Waals surface area contributed by atoms with Crippen molar-refractivity contribution < 1.29 is 4.79 Å². The first-order valence-electron chi connectivity index (χ1n) is 5.96. The molecule has 2 heteroatoms. The van der Waals surface area contributed by atoms with Crippen molar-refractivity contribution in [2.45, 2.75) is 19.3 Å². The van der Waals surface area contributed by atoms with E-state index in [0.717, 1.165) is 28.0 Å². The summed E-state index contributed by atoms with van der Waals surface area (Å²) in [6.07, 6.45) is 1.74. The molecule has 2 rings (SSSR count). The SMILES string of the molecule is Cc1ccccc1C(C=O)Cc1ccc(Cl)cc1. The molecule has 92 valence electrons. The van der Waals surface area contributed by atoms with Crippen LogP contribution in [0.4, 0.5) is 0 Å². The Bertz CT molecular complexity index is 531. The molecule has 0 heterocycles. The molecule has 2 aromatic rings. The Labute approximate surface area is 112 Å². The topological polar surface area (TPSA) is 17.1 Å². The molecule has 0 saturated carbocycles. The molecule has 0 radical (unpaired) electrons. The molecule has 0 spiro atoms. The minimum absolute atomic E-state index is 0.0904. The molecule has 2 aromatic carbocycles. The van der Waals surface area contributed by atoms with E-state index in [4.69, 9.17) is 11.6 Å². The van der Waals surface area contributed by atoms with E-state index in [9.17, 15) is 4.79 Å². The average Bonchev–Trinajstić information content (AvgIpc) is 2.39. The number of aryl methyl sites for hydroxylation is 1. The highest BCUT2D eigenvalue weighted by molar-refractivity contribution is 6.30. The molecule has 0 aliphatic carbocycles. The van der Waals surface area contributed by atoms with E-state index in [0.29, 0.717) is 6.42 Å². The Morgan fingerprint density at radius 2 is 1.78 bits per heavy atom. The number of carbonyl (C=O) groups excluding carboxylic acids is 1. The van der Waals surface area contributed by atoms with Gasteiger partial charge in [0, 0.05) is 10.9 Å². The van der Waals surface area contributed by atoms with Crippen LogP contribution in [0.2, 0.25) is 5.02 Å². The maximum absolute atomic E-state index is 11.3. The fourth-order valence-corrected chi connectivity index (χ4v) is 2.23. The quantitative estimate of drug-likeness (QED) is 0.752. The van der Waals surface area contributed by atoms with Gasteiger partial charge >= 0.3 is 0 Å². The van der Waals surface area contributed by atoms with Gasteiger partial charge in [0.15, 0.2) is 0 Å². The van der Waals surface area contributed by atoms with Gasteiger partial charge in [-0.15, -0.1) is 0 Å². The largest absolute Gasteiger partial charge is 0.303 e. The summed E-state index contributed by atoms with van der Waals surface area (Å²) in [5.41, 5.74) is 3.38. The first kappa shape index (κ1) is 12.8. The summed E-state index contributed by atoms with van der Waals surface area (Å²) >= 11 is 5.85. The summed E-state index contributed by atoms with van der Waals surface area (Å²) < 4.78 is 0.